The van der Waals surface area contributed by atoms with Crippen molar-refractivity contribution in [3.63, 3.8) is 0 Å². The first-order chi connectivity index (χ1) is 11.9. The number of nitrogens with one attached hydrogen (secondary N) is 1. The topological polar surface area (TPSA) is 114 Å². The van der Waals surface area contributed by atoms with E-state index in [0.717, 1.165) is 5.56 Å². The van der Waals surface area contributed by atoms with E-state index in [0.29, 0.717) is 6.61 Å². The smallest absolute Gasteiger partial charge is 0.303 e. The first-order valence-corrected chi connectivity index (χ1v) is 7.96. The predicted octanol–water partition coefficient (Wildman–Crippen LogP) is -0.282. The molecule has 2 rings (SSSR count). The summed E-state index contributed by atoms with van der Waals surface area (Å²) in [5, 5.41) is 23.0. The van der Waals surface area contributed by atoms with Gasteiger partial charge in [-0.25, -0.2) is 0 Å². The van der Waals surface area contributed by atoms with Crippen molar-refractivity contribution in [1.82, 2.24) is 5.32 Å². The quantitative estimate of drug-likeness (QED) is 0.603. The number of hydrogen-bond donors (Lipinski definition) is 3. The zero-order chi connectivity index (χ0) is 18.4. The summed E-state index contributed by atoms with van der Waals surface area (Å²) in [5.74, 6) is -1.09. The van der Waals surface area contributed by atoms with Crippen LogP contribution in [0.4, 0.5) is 0 Å². The first kappa shape index (κ1) is 19.3. The maximum atomic E-state index is 11.3. The van der Waals surface area contributed by atoms with Crippen LogP contribution in [0, 0.1) is 0 Å². The van der Waals surface area contributed by atoms with Gasteiger partial charge in [-0.05, 0) is 5.56 Å². The van der Waals surface area contributed by atoms with Gasteiger partial charge < -0.3 is 29.7 Å². The van der Waals surface area contributed by atoms with Gasteiger partial charge in [0.15, 0.2) is 12.4 Å². The third kappa shape index (κ3) is 5.50. The molecule has 0 radical (unpaired) electrons. The maximum Gasteiger partial charge on any atom is 0.303 e. The van der Waals surface area contributed by atoms with Crippen molar-refractivity contribution in [3.05, 3.63) is 35.9 Å². The number of carbonyl (C=O) groups is 2. The third-order valence-corrected chi connectivity index (χ3v) is 3.76. The Hall–Kier alpha value is -2.00. The lowest BCUT2D eigenvalue weighted by atomic mass is 9.96. The Morgan fingerprint density at radius 2 is 1.88 bits per heavy atom. The van der Waals surface area contributed by atoms with E-state index in [2.05, 4.69) is 5.32 Å². The third-order valence-electron chi connectivity index (χ3n) is 3.76. The molecule has 5 atom stereocenters. The van der Waals surface area contributed by atoms with Gasteiger partial charge in [0.05, 0.1) is 13.2 Å². The summed E-state index contributed by atoms with van der Waals surface area (Å²) >= 11 is 0. The number of esters is 1. The van der Waals surface area contributed by atoms with E-state index < -0.39 is 42.5 Å². The number of benzene rings is 1. The number of aliphatic hydroxyl groups excluding tert-OH is 2. The fraction of sp³-hybridized carbons (Fsp3) is 0.529. The highest BCUT2D eigenvalue weighted by atomic mass is 16.6. The van der Waals surface area contributed by atoms with Crippen LogP contribution in [0.2, 0.25) is 0 Å². The summed E-state index contributed by atoms with van der Waals surface area (Å²) in [5.41, 5.74) is 0.945. The molecule has 1 aromatic rings. The van der Waals surface area contributed by atoms with Gasteiger partial charge in [-0.1, -0.05) is 30.3 Å². The zero-order valence-electron chi connectivity index (χ0n) is 14.1. The molecule has 8 heteroatoms. The minimum absolute atomic E-state index is 0.0162. The van der Waals surface area contributed by atoms with Crippen LogP contribution in [0.15, 0.2) is 30.3 Å². The highest BCUT2D eigenvalue weighted by Gasteiger charge is 2.47. The molecule has 1 amide bonds. The van der Waals surface area contributed by atoms with E-state index in [1.54, 1.807) is 0 Å². The average molecular weight is 353 g/mol. The molecule has 8 nitrogen and oxygen atoms in total. The van der Waals surface area contributed by atoms with Crippen molar-refractivity contribution in [2.45, 2.75) is 51.1 Å². The van der Waals surface area contributed by atoms with Crippen molar-refractivity contribution in [1.29, 1.82) is 0 Å². The molecule has 0 saturated carbocycles. The number of ether oxygens (including phenoxy) is 3. The van der Waals surface area contributed by atoms with Crippen molar-refractivity contribution in [2.24, 2.45) is 0 Å². The SMILES string of the molecule is CC(=O)N[C@@H]1[C@@H](OC(C)=O)[C@H](O)[C@@H](COCc2ccccc2)O[C@H]1O. The van der Waals surface area contributed by atoms with E-state index >= 15 is 0 Å². The van der Waals surface area contributed by atoms with Crippen molar-refractivity contribution >= 4 is 11.9 Å². The number of amides is 1. The fourth-order valence-corrected chi connectivity index (χ4v) is 2.66. The first-order valence-electron chi connectivity index (χ1n) is 7.96. The van der Waals surface area contributed by atoms with Crippen LogP contribution in [-0.4, -0.2) is 59.3 Å². The van der Waals surface area contributed by atoms with E-state index in [1.165, 1.54) is 13.8 Å². The summed E-state index contributed by atoms with van der Waals surface area (Å²) in [6.45, 7) is 2.72. The molecule has 1 fully saturated rings. The van der Waals surface area contributed by atoms with E-state index in [9.17, 15) is 19.8 Å². The van der Waals surface area contributed by atoms with Gasteiger partial charge in [0.25, 0.3) is 0 Å². The zero-order valence-corrected chi connectivity index (χ0v) is 14.1. The van der Waals surface area contributed by atoms with Crippen molar-refractivity contribution in [2.75, 3.05) is 6.61 Å². The summed E-state index contributed by atoms with van der Waals surface area (Å²) in [4.78, 5) is 22.6. The summed E-state index contributed by atoms with van der Waals surface area (Å²) in [6.07, 6.45) is -4.76. The Kier molecular flexibility index (Phi) is 6.89. The monoisotopic (exact) mass is 353 g/mol. The molecule has 0 spiro atoms. The van der Waals surface area contributed by atoms with Crippen LogP contribution < -0.4 is 5.32 Å². The number of carbonyl (C=O) groups excluding carboxylic acids is 2. The van der Waals surface area contributed by atoms with Crippen LogP contribution in [0.25, 0.3) is 0 Å². The highest BCUT2D eigenvalue weighted by molar-refractivity contribution is 5.73. The lowest BCUT2D eigenvalue weighted by Gasteiger charge is -2.42. The second-order valence-corrected chi connectivity index (χ2v) is 5.86. The van der Waals surface area contributed by atoms with Crippen LogP contribution in [0.3, 0.4) is 0 Å². The maximum absolute atomic E-state index is 11.3. The highest BCUT2D eigenvalue weighted by Crippen LogP contribution is 2.23. The Labute approximate surface area is 145 Å². The van der Waals surface area contributed by atoms with Crippen molar-refractivity contribution < 1.29 is 34.0 Å². The van der Waals surface area contributed by atoms with E-state index in [-0.39, 0.29) is 6.61 Å². The molecule has 1 saturated heterocycles. The molecular formula is C17H23NO7. The lowest BCUT2D eigenvalue weighted by molar-refractivity contribution is -0.261. The Balaban J connectivity index is 1.99. The second kappa shape index (κ2) is 8.91. The molecule has 1 heterocycles. The van der Waals surface area contributed by atoms with Crippen LogP contribution in [-0.2, 0) is 30.4 Å². The van der Waals surface area contributed by atoms with Gasteiger partial charge in [-0.2, -0.15) is 0 Å². The van der Waals surface area contributed by atoms with Crippen LogP contribution in [0.5, 0.6) is 0 Å². The van der Waals surface area contributed by atoms with E-state index in [1.807, 2.05) is 30.3 Å². The van der Waals surface area contributed by atoms with Gasteiger partial charge in [0.2, 0.25) is 5.91 Å². The number of rotatable bonds is 6. The molecule has 25 heavy (non-hydrogen) atoms. The van der Waals surface area contributed by atoms with Gasteiger partial charge in [0.1, 0.15) is 18.2 Å². The molecule has 1 aromatic carbocycles. The van der Waals surface area contributed by atoms with Crippen LogP contribution in [0.1, 0.15) is 19.4 Å². The Morgan fingerprint density at radius 3 is 2.48 bits per heavy atom. The average Bonchev–Trinajstić information content (AvgIpc) is 2.55. The standard InChI is InChI=1S/C17H23NO7/c1-10(19)18-14-16(24-11(2)20)15(21)13(25-17(14)22)9-23-8-12-6-4-3-5-7-12/h3-7,13-17,21-22H,8-9H2,1-2H3,(H,18,19)/t13-,14-,15-,16-,17-/m1/s1. The number of aliphatic hydroxyl groups is 2. The van der Waals surface area contributed by atoms with Crippen LogP contribution >= 0.6 is 0 Å². The minimum atomic E-state index is -1.44. The molecule has 0 unspecified atom stereocenters. The summed E-state index contributed by atoms with van der Waals surface area (Å²) < 4.78 is 15.9. The summed E-state index contributed by atoms with van der Waals surface area (Å²) in [6, 6.07) is 8.36. The summed E-state index contributed by atoms with van der Waals surface area (Å²) in [7, 11) is 0. The fourth-order valence-electron chi connectivity index (χ4n) is 2.66. The molecule has 3 N–H and O–H groups in total. The minimum Gasteiger partial charge on any atom is -0.457 e. The molecule has 0 aromatic heterocycles. The molecule has 1 aliphatic rings. The van der Waals surface area contributed by atoms with Gasteiger partial charge in [-0.3, -0.25) is 9.59 Å². The second-order valence-electron chi connectivity index (χ2n) is 5.86. The molecule has 138 valence electrons. The van der Waals surface area contributed by atoms with Gasteiger partial charge >= 0.3 is 5.97 Å². The molecule has 1 aliphatic heterocycles. The molecular weight excluding hydrogens is 330 g/mol. The molecule has 0 aliphatic carbocycles. The van der Waals surface area contributed by atoms with E-state index in [4.69, 9.17) is 14.2 Å². The largest absolute Gasteiger partial charge is 0.457 e. The van der Waals surface area contributed by atoms with Crippen molar-refractivity contribution in [3.8, 4) is 0 Å². The van der Waals surface area contributed by atoms with Gasteiger partial charge in [0, 0.05) is 13.8 Å². The molecule has 0 bridgehead atoms. The Morgan fingerprint density at radius 1 is 1.20 bits per heavy atom. The van der Waals surface area contributed by atoms with Gasteiger partial charge in [-0.15, -0.1) is 0 Å². The predicted molar refractivity (Wildman–Crippen MR) is 86.1 cm³/mol. The number of hydrogen-bond acceptors (Lipinski definition) is 7. The lowest BCUT2D eigenvalue weighted by Crippen LogP contribution is -2.65. The Bertz CT molecular complexity index is 580. The normalized spacial score (nSPS) is 29.0.